The summed E-state index contributed by atoms with van der Waals surface area (Å²) in [5.74, 6) is -1.23. The summed E-state index contributed by atoms with van der Waals surface area (Å²) in [5.41, 5.74) is 2.61. The molecule has 4 rings (SSSR count). The highest BCUT2D eigenvalue weighted by atomic mass is 35.5. The molecule has 4 nitrogen and oxygen atoms in total. The topological polar surface area (TPSA) is 66.4 Å². The van der Waals surface area contributed by atoms with Crippen LogP contribution < -0.4 is 5.32 Å². The van der Waals surface area contributed by atoms with E-state index >= 15 is 0 Å². The summed E-state index contributed by atoms with van der Waals surface area (Å²) in [6.45, 7) is 0.441. The molecule has 1 unspecified atom stereocenters. The van der Waals surface area contributed by atoms with Gasteiger partial charge in [0.2, 0.25) is 0 Å². The number of hydrogen-bond donors (Lipinski definition) is 2. The average molecular weight is 352 g/mol. The second-order valence-corrected chi connectivity index (χ2v) is 6.61. The maximum atomic E-state index is 12.6. The zero-order valence-corrected chi connectivity index (χ0v) is 13.9. The fourth-order valence-electron chi connectivity index (χ4n) is 3.57. The van der Waals surface area contributed by atoms with Gasteiger partial charge in [0.05, 0.1) is 16.6 Å². The van der Waals surface area contributed by atoms with Gasteiger partial charge in [0.1, 0.15) is 0 Å². The molecule has 3 aliphatic rings. The molecule has 1 aromatic carbocycles. The van der Waals surface area contributed by atoms with E-state index in [1.54, 1.807) is 12.1 Å². The SMILES string of the molecule is O=C1NCC23C=CC(Cl)=CC2=CC=CC3=C1c1cccc(C(=O)O)c1. The van der Waals surface area contributed by atoms with E-state index < -0.39 is 11.4 Å². The van der Waals surface area contributed by atoms with Gasteiger partial charge in [-0.25, -0.2) is 4.79 Å². The number of rotatable bonds is 2. The lowest BCUT2D eigenvalue weighted by Crippen LogP contribution is -2.45. The van der Waals surface area contributed by atoms with Crippen LogP contribution in [0, 0.1) is 5.41 Å². The quantitative estimate of drug-likeness (QED) is 0.857. The van der Waals surface area contributed by atoms with Crippen molar-refractivity contribution in [2.45, 2.75) is 0 Å². The average Bonchev–Trinajstić information content (AvgIpc) is 2.61. The molecule has 1 amide bonds. The number of carbonyl (C=O) groups is 2. The Morgan fingerprint density at radius 1 is 1.28 bits per heavy atom. The van der Waals surface area contributed by atoms with Crippen molar-refractivity contribution in [2.75, 3.05) is 6.54 Å². The van der Waals surface area contributed by atoms with Crippen LogP contribution in [0.1, 0.15) is 15.9 Å². The lowest BCUT2D eigenvalue weighted by atomic mass is 9.65. The highest BCUT2D eigenvalue weighted by molar-refractivity contribution is 6.31. The molecule has 1 atom stereocenters. The van der Waals surface area contributed by atoms with Crippen molar-refractivity contribution in [3.8, 4) is 0 Å². The molecule has 0 aromatic heterocycles. The molecule has 2 N–H and O–H groups in total. The Kier molecular flexibility index (Phi) is 3.51. The number of benzene rings is 1. The summed E-state index contributed by atoms with van der Waals surface area (Å²) in [4.78, 5) is 23.9. The number of hydrogen-bond acceptors (Lipinski definition) is 2. The minimum absolute atomic E-state index is 0.149. The Morgan fingerprint density at radius 3 is 2.92 bits per heavy atom. The highest BCUT2D eigenvalue weighted by Crippen LogP contribution is 2.48. The molecule has 2 aliphatic carbocycles. The van der Waals surface area contributed by atoms with Crippen LogP contribution >= 0.6 is 11.6 Å². The number of carboxylic acids is 1. The first-order valence-electron chi connectivity index (χ1n) is 7.83. The van der Waals surface area contributed by atoms with Crippen LogP contribution in [0.5, 0.6) is 0 Å². The maximum Gasteiger partial charge on any atom is 0.335 e. The van der Waals surface area contributed by atoms with Gasteiger partial charge in [0.15, 0.2) is 0 Å². The summed E-state index contributed by atoms with van der Waals surface area (Å²) < 4.78 is 0. The van der Waals surface area contributed by atoms with E-state index in [-0.39, 0.29) is 11.5 Å². The molecule has 0 saturated heterocycles. The summed E-state index contributed by atoms with van der Waals surface area (Å²) in [7, 11) is 0. The minimum atomic E-state index is -1.02. The van der Waals surface area contributed by atoms with Crippen molar-refractivity contribution in [2.24, 2.45) is 5.41 Å². The van der Waals surface area contributed by atoms with Gasteiger partial charge >= 0.3 is 5.97 Å². The molecule has 25 heavy (non-hydrogen) atoms. The third-order valence-corrected chi connectivity index (χ3v) is 5.01. The molecule has 1 aliphatic heterocycles. The molecular weight excluding hydrogens is 338 g/mol. The molecule has 124 valence electrons. The minimum Gasteiger partial charge on any atom is -0.478 e. The number of nitrogens with one attached hydrogen (secondary N) is 1. The number of carbonyl (C=O) groups excluding carboxylic acids is 1. The summed E-state index contributed by atoms with van der Waals surface area (Å²) >= 11 is 6.14. The van der Waals surface area contributed by atoms with Crippen LogP contribution in [0.15, 0.2) is 76.9 Å². The Bertz CT molecular complexity index is 965. The third kappa shape index (κ3) is 2.37. The zero-order valence-electron chi connectivity index (χ0n) is 13.1. The van der Waals surface area contributed by atoms with Crippen molar-refractivity contribution in [1.29, 1.82) is 0 Å². The third-order valence-electron chi connectivity index (χ3n) is 4.78. The van der Waals surface area contributed by atoms with Crippen LogP contribution in [-0.2, 0) is 4.79 Å². The van der Waals surface area contributed by atoms with Crippen molar-refractivity contribution < 1.29 is 14.7 Å². The molecule has 0 radical (unpaired) electrons. The Labute approximate surface area is 149 Å². The number of carboxylic acid groups (broad SMARTS) is 1. The molecule has 1 aromatic rings. The number of halogens is 1. The number of aromatic carboxylic acids is 1. The van der Waals surface area contributed by atoms with E-state index in [9.17, 15) is 14.7 Å². The fourth-order valence-corrected chi connectivity index (χ4v) is 3.75. The molecule has 5 heteroatoms. The molecule has 1 spiro atoms. The van der Waals surface area contributed by atoms with E-state index in [1.807, 2.05) is 36.5 Å². The number of allylic oxidation sites excluding steroid dienone is 6. The Morgan fingerprint density at radius 2 is 2.12 bits per heavy atom. The van der Waals surface area contributed by atoms with Gasteiger partial charge in [-0.1, -0.05) is 48.0 Å². The van der Waals surface area contributed by atoms with Crippen molar-refractivity contribution in [3.63, 3.8) is 0 Å². The first-order chi connectivity index (χ1) is 12.0. The van der Waals surface area contributed by atoms with E-state index in [0.717, 1.165) is 11.1 Å². The van der Waals surface area contributed by atoms with Crippen LogP contribution in [0.4, 0.5) is 0 Å². The van der Waals surface area contributed by atoms with Crippen molar-refractivity contribution >= 4 is 29.1 Å². The van der Waals surface area contributed by atoms with Gasteiger partial charge in [0, 0.05) is 11.6 Å². The van der Waals surface area contributed by atoms with E-state index in [0.29, 0.717) is 22.7 Å². The first kappa shape index (κ1) is 15.7. The molecule has 0 saturated carbocycles. The van der Waals surface area contributed by atoms with E-state index in [2.05, 4.69) is 5.32 Å². The van der Waals surface area contributed by atoms with Gasteiger partial charge in [0.25, 0.3) is 5.91 Å². The fraction of sp³-hybridized carbons (Fsp3) is 0.100. The normalized spacial score (nSPS) is 24.1. The summed E-state index contributed by atoms with van der Waals surface area (Å²) in [6.07, 6.45) is 11.5. The molecular formula is C20H14ClNO3. The largest absolute Gasteiger partial charge is 0.478 e. The van der Waals surface area contributed by atoms with Gasteiger partial charge < -0.3 is 10.4 Å². The second-order valence-electron chi connectivity index (χ2n) is 6.17. The van der Waals surface area contributed by atoms with Gasteiger partial charge in [-0.15, -0.1) is 0 Å². The second kappa shape index (κ2) is 5.60. The Balaban J connectivity index is 1.95. The summed E-state index contributed by atoms with van der Waals surface area (Å²) in [5, 5.41) is 12.8. The zero-order chi connectivity index (χ0) is 17.6. The lowest BCUT2D eigenvalue weighted by molar-refractivity contribution is -0.116. The van der Waals surface area contributed by atoms with E-state index in [1.165, 1.54) is 12.1 Å². The Hall–Kier alpha value is -2.85. The smallest absolute Gasteiger partial charge is 0.335 e. The monoisotopic (exact) mass is 351 g/mol. The van der Waals surface area contributed by atoms with Gasteiger partial charge in [-0.2, -0.15) is 0 Å². The van der Waals surface area contributed by atoms with Crippen LogP contribution in [0.25, 0.3) is 5.57 Å². The molecule has 0 fully saturated rings. The van der Waals surface area contributed by atoms with Crippen LogP contribution in [-0.4, -0.2) is 23.5 Å². The molecule has 0 bridgehead atoms. The predicted molar refractivity (Wildman–Crippen MR) is 96.1 cm³/mol. The number of amides is 1. The van der Waals surface area contributed by atoms with Crippen molar-refractivity contribution in [3.05, 3.63) is 88.0 Å². The molecule has 1 heterocycles. The van der Waals surface area contributed by atoms with Crippen LogP contribution in [0.3, 0.4) is 0 Å². The van der Waals surface area contributed by atoms with Crippen molar-refractivity contribution in [1.82, 2.24) is 5.32 Å². The first-order valence-corrected chi connectivity index (χ1v) is 8.21. The van der Waals surface area contributed by atoms with Gasteiger partial charge in [-0.3, -0.25) is 4.79 Å². The van der Waals surface area contributed by atoms with Crippen LogP contribution in [0.2, 0.25) is 0 Å². The standard InChI is InChI=1S/C20H14ClNO3/c21-15-7-8-20-11-22-18(23)17(16(20)6-2-5-14(20)10-15)12-3-1-4-13(9-12)19(24)25/h1-10H,11H2,(H,22,23)(H,24,25). The predicted octanol–water partition coefficient (Wildman–Crippen LogP) is 3.44. The van der Waals surface area contributed by atoms with E-state index in [4.69, 9.17) is 11.6 Å². The summed E-state index contributed by atoms with van der Waals surface area (Å²) in [6, 6.07) is 6.45. The maximum absolute atomic E-state index is 12.6. The van der Waals surface area contributed by atoms with Gasteiger partial charge in [-0.05, 0) is 41.0 Å². The lowest BCUT2D eigenvalue weighted by Gasteiger charge is -2.41. The highest BCUT2D eigenvalue weighted by Gasteiger charge is 2.43.